The van der Waals surface area contributed by atoms with E-state index in [9.17, 15) is 4.79 Å². The van der Waals surface area contributed by atoms with E-state index in [4.69, 9.17) is 4.42 Å². The fourth-order valence-electron chi connectivity index (χ4n) is 2.55. The molecule has 3 rings (SSSR count). The molecule has 20 heavy (non-hydrogen) atoms. The van der Waals surface area contributed by atoms with Gasteiger partial charge in [0.1, 0.15) is 6.67 Å². The molecule has 0 aromatic carbocycles. The van der Waals surface area contributed by atoms with Crippen LogP contribution in [0.4, 0.5) is 0 Å². The summed E-state index contributed by atoms with van der Waals surface area (Å²) in [5, 5.41) is 4.28. The van der Waals surface area contributed by atoms with E-state index < -0.39 is 5.76 Å². The maximum atomic E-state index is 11.9. The number of hydrogen-bond donors (Lipinski definition) is 0. The highest BCUT2D eigenvalue weighted by atomic mass is 16.4. The van der Waals surface area contributed by atoms with Gasteiger partial charge in [-0.05, 0) is 31.9 Å². The lowest BCUT2D eigenvalue weighted by atomic mass is 10.0. The minimum absolute atomic E-state index is 0.349. The molecule has 0 aliphatic carbocycles. The van der Waals surface area contributed by atoms with E-state index in [1.807, 2.05) is 0 Å². The van der Waals surface area contributed by atoms with Crippen molar-refractivity contribution in [2.45, 2.75) is 38.9 Å². The Kier molecular flexibility index (Phi) is 3.64. The zero-order chi connectivity index (χ0) is 13.9. The van der Waals surface area contributed by atoms with Gasteiger partial charge >= 0.3 is 5.76 Å². The van der Waals surface area contributed by atoms with Crippen molar-refractivity contribution in [3.05, 3.63) is 35.1 Å². The first-order chi connectivity index (χ1) is 9.74. The number of rotatable bonds is 3. The number of pyridine rings is 1. The molecule has 0 amide bonds. The van der Waals surface area contributed by atoms with Crippen molar-refractivity contribution >= 4 is 0 Å². The minimum atomic E-state index is -0.408. The number of aromatic nitrogens is 3. The molecule has 1 atom stereocenters. The summed E-state index contributed by atoms with van der Waals surface area (Å²) in [5.74, 6) is -0.0587. The predicted molar refractivity (Wildman–Crippen MR) is 74.0 cm³/mol. The van der Waals surface area contributed by atoms with Crippen LogP contribution in [0.3, 0.4) is 0 Å². The summed E-state index contributed by atoms with van der Waals surface area (Å²) in [6.07, 6.45) is 6.91. The first-order valence-corrected chi connectivity index (χ1v) is 6.96. The smallest absolute Gasteiger partial charge is 0.388 e. The molecule has 0 spiro atoms. The largest absolute Gasteiger partial charge is 0.438 e. The molecule has 2 aromatic heterocycles. The van der Waals surface area contributed by atoms with E-state index in [2.05, 4.69) is 21.9 Å². The predicted octanol–water partition coefficient (Wildman–Crippen LogP) is 1.73. The van der Waals surface area contributed by atoms with Crippen LogP contribution in [0, 0.1) is 0 Å². The molecule has 1 fully saturated rings. The first-order valence-electron chi connectivity index (χ1n) is 6.96. The van der Waals surface area contributed by atoms with Crippen molar-refractivity contribution in [2.75, 3.05) is 6.54 Å². The molecule has 0 radical (unpaired) electrons. The minimum Gasteiger partial charge on any atom is -0.388 e. The SMILES string of the molecule is CC1CCCCN1Cn1nc(-c2ccncc2)oc1=O. The van der Waals surface area contributed by atoms with E-state index >= 15 is 0 Å². The van der Waals surface area contributed by atoms with Gasteiger partial charge in [-0.1, -0.05) is 6.42 Å². The van der Waals surface area contributed by atoms with Gasteiger partial charge in [-0.2, -0.15) is 4.68 Å². The van der Waals surface area contributed by atoms with Gasteiger partial charge in [0.05, 0.1) is 0 Å². The van der Waals surface area contributed by atoms with Crippen LogP contribution in [0.5, 0.6) is 0 Å². The van der Waals surface area contributed by atoms with Crippen LogP contribution in [0.25, 0.3) is 11.5 Å². The molecule has 6 nitrogen and oxygen atoms in total. The lowest BCUT2D eigenvalue weighted by Gasteiger charge is -2.32. The van der Waals surface area contributed by atoms with E-state index in [0.717, 1.165) is 12.1 Å². The van der Waals surface area contributed by atoms with E-state index in [-0.39, 0.29) is 0 Å². The maximum absolute atomic E-state index is 11.9. The van der Waals surface area contributed by atoms with Crippen LogP contribution < -0.4 is 5.76 Å². The van der Waals surface area contributed by atoms with Crippen molar-refractivity contribution in [3.8, 4) is 11.5 Å². The molecule has 0 saturated carbocycles. The van der Waals surface area contributed by atoms with Crippen LogP contribution >= 0.6 is 0 Å². The zero-order valence-corrected chi connectivity index (χ0v) is 11.5. The quantitative estimate of drug-likeness (QED) is 0.853. The average Bonchev–Trinajstić information content (AvgIpc) is 2.84. The monoisotopic (exact) mass is 274 g/mol. The van der Waals surface area contributed by atoms with Crippen LogP contribution in [-0.4, -0.2) is 32.3 Å². The third-order valence-electron chi connectivity index (χ3n) is 3.79. The summed E-state index contributed by atoms with van der Waals surface area (Å²) in [7, 11) is 0. The normalized spacial score (nSPS) is 20.1. The molecule has 0 N–H and O–H groups in total. The summed E-state index contributed by atoms with van der Waals surface area (Å²) in [6.45, 7) is 3.69. The molecular weight excluding hydrogens is 256 g/mol. The highest BCUT2D eigenvalue weighted by molar-refractivity contribution is 5.50. The summed E-state index contributed by atoms with van der Waals surface area (Å²) in [5.41, 5.74) is 0.766. The van der Waals surface area contributed by atoms with E-state index in [0.29, 0.717) is 18.6 Å². The fraction of sp³-hybridized carbons (Fsp3) is 0.500. The Morgan fingerprint density at radius 2 is 2.15 bits per heavy atom. The Hall–Kier alpha value is -1.95. The van der Waals surface area contributed by atoms with Crippen LogP contribution in [-0.2, 0) is 6.67 Å². The Morgan fingerprint density at radius 3 is 2.90 bits per heavy atom. The van der Waals surface area contributed by atoms with Gasteiger partial charge in [0.15, 0.2) is 0 Å². The van der Waals surface area contributed by atoms with Crippen LogP contribution in [0.1, 0.15) is 26.2 Å². The molecule has 106 valence electrons. The van der Waals surface area contributed by atoms with Crippen molar-refractivity contribution < 1.29 is 4.42 Å². The maximum Gasteiger partial charge on any atom is 0.438 e. The van der Waals surface area contributed by atoms with Crippen molar-refractivity contribution in [1.82, 2.24) is 19.7 Å². The second-order valence-electron chi connectivity index (χ2n) is 5.21. The molecule has 6 heteroatoms. The number of piperidine rings is 1. The van der Waals surface area contributed by atoms with Crippen LogP contribution in [0.2, 0.25) is 0 Å². The molecule has 3 heterocycles. The fourth-order valence-corrected chi connectivity index (χ4v) is 2.55. The van der Waals surface area contributed by atoms with Gasteiger partial charge in [0.2, 0.25) is 5.89 Å². The van der Waals surface area contributed by atoms with Gasteiger partial charge in [0.25, 0.3) is 0 Å². The van der Waals surface area contributed by atoms with Gasteiger partial charge < -0.3 is 4.42 Å². The second kappa shape index (κ2) is 5.58. The molecule has 0 bridgehead atoms. The lowest BCUT2D eigenvalue weighted by Crippen LogP contribution is -2.40. The third-order valence-corrected chi connectivity index (χ3v) is 3.79. The van der Waals surface area contributed by atoms with Crippen molar-refractivity contribution in [3.63, 3.8) is 0 Å². The average molecular weight is 274 g/mol. The zero-order valence-electron chi connectivity index (χ0n) is 11.5. The Morgan fingerprint density at radius 1 is 1.35 bits per heavy atom. The van der Waals surface area contributed by atoms with Crippen LogP contribution in [0.15, 0.2) is 33.7 Å². The summed E-state index contributed by atoms with van der Waals surface area (Å²) >= 11 is 0. The van der Waals surface area contributed by atoms with Gasteiger partial charge in [0, 0.05) is 30.5 Å². The highest BCUT2D eigenvalue weighted by Crippen LogP contribution is 2.17. The topological polar surface area (TPSA) is 64.2 Å². The summed E-state index contributed by atoms with van der Waals surface area (Å²) < 4.78 is 6.62. The Balaban J connectivity index is 1.81. The first kappa shape index (κ1) is 13.1. The van der Waals surface area contributed by atoms with E-state index in [1.165, 1.54) is 23.9 Å². The molecular formula is C14H18N4O2. The van der Waals surface area contributed by atoms with Crippen molar-refractivity contribution in [1.29, 1.82) is 0 Å². The Bertz CT molecular complexity index is 620. The van der Waals surface area contributed by atoms with Gasteiger partial charge in [-0.15, -0.1) is 5.10 Å². The lowest BCUT2D eigenvalue weighted by molar-refractivity contribution is 0.111. The van der Waals surface area contributed by atoms with Gasteiger partial charge in [-0.3, -0.25) is 9.88 Å². The standard InChI is InChI=1S/C14H18N4O2/c1-11-4-2-3-9-17(11)10-18-14(19)20-13(16-18)12-5-7-15-8-6-12/h5-8,11H,2-4,9-10H2,1H3. The summed E-state index contributed by atoms with van der Waals surface area (Å²) in [4.78, 5) is 18.1. The molecule has 1 aliphatic heterocycles. The highest BCUT2D eigenvalue weighted by Gasteiger charge is 2.20. The van der Waals surface area contributed by atoms with E-state index in [1.54, 1.807) is 24.5 Å². The molecule has 1 saturated heterocycles. The van der Waals surface area contributed by atoms with Crippen molar-refractivity contribution in [2.24, 2.45) is 0 Å². The second-order valence-corrected chi connectivity index (χ2v) is 5.21. The third kappa shape index (κ3) is 2.65. The Labute approximate surface area is 117 Å². The van der Waals surface area contributed by atoms with Gasteiger partial charge in [-0.25, -0.2) is 4.79 Å². The number of hydrogen-bond acceptors (Lipinski definition) is 5. The molecule has 1 unspecified atom stereocenters. The molecule has 2 aromatic rings. The molecule has 1 aliphatic rings. The number of nitrogens with zero attached hydrogens (tertiary/aromatic N) is 4. The number of likely N-dealkylation sites (tertiary alicyclic amines) is 1. The summed E-state index contributed by atoms with van der Waals surface area (Å²) in [6, 6.07) is 4.04.